The fourth-order valence-corrected chi connectivity index (χ4v) is 5.26. The summed E-state index contributed by atoms with van der Waals surface area (Å²) in [6.07, 6.45) is -6.49. The first kappa shape index (κ1) is 31.9. The van der Waals surface area contributed by atoms with E-state index >= 15 is 0 Å². The monoisotopic (exact) mass is 612 g/mol. The summed E-state index contributed by atoms with van der Waals surface area (Å²) >= 11 is 0. The third kappa shape index (κ3) is 7.69. The van der Waals surface area contributed by atoms with Crippen molar-refractivity contribution in [2.75, 3.05) is 0 Å². The topological polar surface area (TPSA) is 111 Å². The lowest BCUT2D eigenvalue weighted by molar-refractivity contribution is -0.162. The van der Waals surface area contributed by atoms with E-state index in [1.165, 1.54) is 29.9 Å². The predicted octanol–water partition coefficient (Wildman–Crippen LogP) is 5.66. The lowest BCUT2D eigenvalue weighted by atomic mass is 9.85. The van der Waals surface area contributed by atoms with Gasteiger partial charge in [-0.3, -0.25) is 9.59 Å². The van der Waals surface area contributed by atoms with Gasteiger partial charge in [-0.2, -0.15) is 36.1 Å². The number of alkyl halides is 6. The molecule has 232 valence electrons. The highest BCUT2D eigenvalue weighted by Crippen LogP contribution is 2.37. The van der Waals surface area contributed by atoms with E-state index in [1.54, 1.807) is 0 Å². The van der Waals surface area contributed by atoms with Crippen molar-refractivity contribution in [1.82, 2.24) is 30.4 Å². The van der Waals surface area contributed by atoms with Gasteiger partial charge in [0, 0.05) is 17.8 Å². The quantitative estimate of drug-likeness (QED) is 0.348. The summed E-state index contributed by atoms with van der Waals surface area (Å²) in [4.78, 5) is 34.0. The summed E-state index contributed by atoms with van der Waals surface area (Å²) in [6, 6.07) is 2.50. The van der Waals surface area contributed by atoms with E-state index < -0.39 is 52.2 Å². The van der Waals surface area contributed by atoms with E-state index in [-0.39, 0.29) is 35.2 Å². The number of hydrogen-bond donors (Lipinski definition) is 2. The third-order valence-corrected chi connectivity index (χ3v) is 6.75. The maximum Gasteiger partial charge on any atom is 0.416 e. The van der Waals surface area contributed by atoms with Crippen LogP contribution < -0.4 is 10.6 Å². The van der Waals surface area contributed by atoms with Gasteiger partial charge in [-0.05, 0) is 77.8 Å². The zero-order valence-corrected chi connectivity index (χ0v) is 23.9. The van der Waals surface area contributed by atoms with Gasteiger partial charge in [-0.15, -0.1) is 0 Å². The van der Waals surface area contributed by atoms with Gasteiger partial charge < -0.3 is 15.4 Å². The van der Waals surface area contributed by atoms with Crippen LogP contribution in [-0.4, -0.2) is 48.8 Å². The van der Waals surface area contributed by atoms with E-state index in [0.717, 1.165) is 6.33 Å². The zero-order chi connectivity index (χ0) is 32.0. The molecule has 1 fully saturated rings. The number of benzene rings is 1. The number of nitrogens with one attached hydrogen (secondary N) is 2. The molecule has 15 heteroatoms. The number of halogens is 6. The molecule has 0 unspecified atom stereocenters. The Morgan fingerprint density at radius 2 is 1.49 bits per heavy atom. The van der Waals surface area contributed by atoms with Crippen LogP contribution in [0.1, 0.15) is 91.2 Å². The minimum absolute atomic E-state index is 0.0580. The van der Waals surface area contributed by atoms with Crippen LogP contribution in [0.2, 0.25) is 0 Å². The Morgan fingerprint density at radius 1 is 0.907 bits per heavy atom. The van der Waals surface area contributed by atoms with Crippen molar-refractivity contribution in [3.05, 3.63) is 70.9 Å². The molecule has 1 saturated heterocycles. The molecule has 1 aliphatic heterocycles. The molecule has 0 bridgehead atoms. The van der Waals surface area contributed by atoms with Crippen LogP contribution in [0, 0.1) is 0 Å². The number of aromatic nitrogens is 4. The SMILES string of the molecule is C[C@H](NC(=O)c1cc(C(F)(F)F)cc(C(F)(F)F)c1)c1ncnn1-c1ccc(C(=O)NC2CC(C)(C)OC(C)(C)C2)cn1. The van der Waals surface area contributed by atoms with E-state index in [1.807, 2.05) is 27.7 Å². The average molecular weight is 613 g/mol. The molecule has 1 aromatic carbocycles. The lowest BCUT2D eigenvalue weighted by Gasteiger charge is -2.45. The molecule has 4 rings (SSSR count). The summed E-state index contributed by atoms with van der Waals surface area (Å²) < 4.78 is 86.6. The number of amides is 2. The maximum absolute atomic E-state index is 13.2. The van der Waals surface area contributed by atoms with Crippen LogP contribution in [0.25, 0.3) is 5.82 Å². The molecule has 0 aliphatic carbocycles. The van der Waals surface area contributed by atoms with Gasteiger partial charge in [-0.25, -0.2) is 9.97 Å². The molecular formula is C28H30F6N6O3. The lowest BCUT2D eigenvalue weighted by Crippen LogP contribution is -2.53. The highest BCUT2D eigenvalue weighted by Gasteiger charge is 2.40. The van der Waals surface area contributed by atoms with Gasteiger partial charge in [0.05, 0.1) is 33.9 Å². The Balaban J connectivity index is 1.49. The average Bonchev–Trinajstić information content (AvgIpc) is 3.36. The highest BCUT2D eigenvalue weighted by atomic mass is 19.4. The summed E-state index contributed by atoms with van der Waals surface area (Å²) in [5.74, 6) is -1.22. The molecule has 2 N–H and O–H groups in total. The predicted molar refractivity (Wildman–Crippen MR) is 141 cm³/mol. The summed E-state index contributed by atoms with van der Waals surface area (Å²) in [6.45, 7) is 9.27. The van der Waals surface area contributed by atoms with E-state index in [9.17, 15) is 35.9 Å². The van der Waals surface area contributed by atoms with E-state index in [4.69, 9.17) is 4.74 Å². The Bertz CT molecular complexity index is 1450. The molecule has 3 heterocycles. The Hall–Kier alpha value is -4.01. The van der Waals surface area contributed by atoms with Crippen molar-refractivity contribution >= 4 is 11.8 Å². The molecule has 43 heavy (non-hydrogen) atoms. The Kier molecular flexibility index (Phi) is 8.35. The fraction of sp³-hybridized carbons (Fsp3) is 0.464. The van der Waals surface area contributed by atoms with Crippen molar-refractivity contribution in [1.29, 1.82) is 0 Å². The molecule has 0 radical (unpaired) electrons. The van der Waals surface area contributed by atoms with Gasteiger partial charge in [0.2, 0.25) is 0 Å². The van der Waals surface area contributed by atoms with Crippen molar-refractivity contribution in [2.45, 2.75) is 83.1 Å². The molecule has 0 saturated carbocycles. The van der Waals surface area contributed by atoms with Gasteiger partial charge in [0.15, 0.2) is 11.6 Å². The number of pyridine rings is 1. The van der Waals surface area contributed by atoms with Crippen LogP contribution >= 0.6 is 0 Å². The zero-order valence-electron chi connectivity index (χ0n) is 23.9. The molecular weight excluding hydrogens is 582 g/mol. The summed E-state index contributed by atoms with van der Waals surface area (Å²) in [5, 5.41) is 9.43. The van der Waals surface area contributed by atoms with Crippen molar-refractivity contribution in [3.8, 4) is 5.82 Å². The Labute approximate surface area is 243 Å². The first-order chi connectivity index (χ1) is 19.7. The number of carbonyl (C=O) groups excluding carboxylic acids is 2. The van der Waals surface area contributed by atoms with Crippen LogP contribution in [0.15, 0.2) is 42.9 Å². The number of rotatable bonds is 6. The molecule has 1 atom stereocenters. The summed E-state index contributed by atoms with van der Waals surface area (Å²) in [7, 11) is 0. The number of ether oxygens (including phenoxy) is 1. The molecule has 2 aromatic heterocycles. The molecule has 0 spiro atoms. The van der Waals surface area contributed by atoms with Crippen molar-refractivity contribution in [3.63, 3.8) is 0 Å². The van der Waals surface area contributed by atoms with Gasteiger partial charge in [0.1, 0.15) is 6.33 Å². The number of hydrogen-bond acceptors (Lipinski definition) is 6. The second kappa shape index (κ2) is 11.2. The smallest absolute Gasteiger partial charge is 0.370 e. The summed E-state index contributed by atoms with van der Waals surface area (Å²) in [5.41, 5.74) is -4.61. The van der Waals surface area contributed by atoms with E-state index in [0.29, 0.717) is 25.0 Å². The van der Waals surface area contributed by atoms with Gasteiger partial charge in [0.25, 0.3) is 11.8 Å². The number of nitrogens with zero attached hydrogens (tertiary/aromatic N) is 4. The van der Waals surface area contributed by atoms with Crippen LogP contribution in [-0.2, 0) is 17.1 Å². The number of carbonyl (C=O) groups is 2. The van der Waals surface area contributed by atoms with Crippen LogP contribution in [0.4, 0.5) is 26.3 Å². The fourth-order valence-electron chi connectivity index (χ4n) is 5.26. The first-order valence-electron chi connectivity index (χ1n) is 13.2. The normalized spacial score (nSPS) is 17.7. The highest BCUT2D eigenvalue weighted by molar-refractivity contribution is 5.95. The second-order valence-electron chi connectivity index (χ2n) is 11.6. The third-order valence-electron chi connectivity index (χ3n) is 6.75. The largest absolute Gasteiger partial charge is 0.416 e. The molecule has 2 amide bonds. The Morgan fingerprint density at radius 3 is 2.00 bits per heavy atom. The van der Waals surface area contributed by atoms with Gasteiger partial charge in [-0.1, -0.05) is 0 Å². The minimum atomic E-state index is -5.10. The molecule has 9 nitrogen and oxygen atoms in total. The maximum atomic E-state index is 13.2. The van der Waals surface area contributed by atoms with Crippen molar-refractivity contribution < 1.29 is 40.7 Å². The standard InChI is InChI=1S/C28H30F6N6O3/c1-15(38-24(42)17-8-18(27(29,30)31)10-19(9-17)28(32,33)34)22-36-14-37-40(22)21-7-6-16(13-35-21)23(41)39-20-11-25(2,3)43-26(4,5)12-20/h6-10,13-15,20H,11-12H2,1-5H3,(H,38,42)(H,39,41)/t15-/m0/s1. The minimum Gasteiger partial charge on any atom is -0.370 e. The van der Waals surface area contributed by atoms with Gasteiger partial charge >= 0.3 is 12.4 Å². The first-order valence-corrected chi connectivity index (χ1v) is 13.2. The van der Waals surface area contributed by atoms with Crippen LogP contribution in [0.5, 0.6) is 0 Å². The van der Waals surface area contributed by atoms with Crippen molar-refractivity contribution in [2.24, 2.45) is 0 Å². The van der Waals surface area contributed by atoms with E-state index in [2.05, 4.69) is 25.7 Å². The molecule has 3 aromatic rings. The molecule has 1 aliphatic rings. The van der Waals surface area contributed by atoms with Crippen LogP contribution in [0.3, 0.4) is 0 Å². The second-order valence-corrected chi connectivity index (χ2v) is 11.6.